The fourth-order valence-corrected chi connectivity index (χ4v) is 3.82. The second kappa shape index (κ2) is 7.42. The van der Waals surface area contributed by atoms with Crippen molar-refractivity contribution in [1.82, 2.24) is 4.31 Å². The average Bonchev–Trinajstić information content (AvgIpc) is 2.54. The van der Waals surface area contributed by atoms with Gasteiger partial charge in [-0.25, -0.2) is 8.42 Å². The number of nitrogens with zero attached hydrogens (tertiary/aromatic N) is 1. The fourth-order valence-electron chi connectivity index (χ4n) is 2.39. The van der Waals surface area contributed by atoms with Crippen LogP contribution < -0.4 is 9.47 Å². The second-order valence-corrected chi connectivity index (χ2v) is 7.83. The van der Waals surface area contributed by atoms with Crippen LogP contribution in [-0.4, -0.2) is 34.0 Å². The topological polar surface area (TPSA) is 55.8 Å². The van der Waals surface area contributed by atoms with Gasteiger partial charge in [-0.1, -0.05) is 11.6 Å². The molecule has 0 fully saturated rings. The van der Waals surface area contributed by atoms with Gasteiger partial charge >= 0.3 is 0 Å². The van der Waals surface area contributed by atoms with Gasteiger partial charge in [-0.15, -0.1) is 0 Å². The predicted molar refractivity (Wildman–Crippen MR) is 94.4 cm³/mol. The lowest BCUT2D eigenvalue weighted by atomic mass is 10.2. The summed E-state index contributed by atoms with van der Waals surface area (Å²) < 4.78 is 37.3. The Labute approximate surface area is 147 Å². The summed E-state index contributed by atoms with van der Waals surface area (Å²) >= 11 is 6.01. The minimum Gasteiger partial charge on any atom is -0.496 e. The van der Waals surface area contributed by atoms with Crippen LogP contribution in [0.5, 0.6) is 11.5 Å². The van der Waals surface area contributed by atoms with E-state index in [1.807, 2.05) is 0 Å². The maximum Gasteiger partial charge on any atom is 0.243 e. The van der Waals surface area contributed by atoms with Gasteiger partial charge in [0.2, 0.25) is 10.0 Å². The number of hydrogen-bond acceptors (Lipinski definition) is 4. The Morgan fingerprint density at radius 3 is 2.25 bits per heavy atom. The second-order valence-electron chi connectivity index (χ2n) is 5.35. The molecule has 5 nitrogen and oxygen atoms in total. The minimum absolute atomic E-state index is 0.150. The molecule has 0 N–H and O–H groups in total. The summed E-state index contributed by atoms with van der Waals surface area (Å²) in [6, 6.07) is 9.90. The molecule has 2 aromatic carbocycles. The van der Waals surface area contributed by atoms with Crippen molar-refractivity contribution < 1.29 is 17.9 Å². The Bertz CT molecular complexity index is 836. The van der Waals surface area contributed by atoms with Crippen molar-refractivity contribution in [2.45, 2.75) is 18.4 Å². The quantitative estimate of drug-likeness (QED) is 0.782. The molecule has 24 heavy (non-hydrogen) atoms. The highest BCUT2D eigenvalue weighted by molar-refractivity contribution is 7.89. The van der Waals surface area contributed by atoms with E-state index in [1.165, 1.54) is 24.5 Å². The van der Waals surface area contributed by atoms with Crippen LogP contribution >= 0.6 is 11.6 Å². The molecule has 2 aromatic rings. The van der Waals surface area contributed by atoms with Crippen molar-refractivity contribution in [1.29, 1.82) is 0 Å². The number of benzene rings is 2. The van der Waals surface area contributed by atoms with E-state index in [2.05, 4.69) is 0 Å². The molecular formula is C17H20ClNO4S. The maximum absolute atomic E-state index is 12.8. The third-order valence-electron chi connectivity index (χ3n) is 3.71. The van der Waals surface area contributed by atoms with E-state index in [4.69, 9.17) is 21.1 Å². The molecule has 130 valence electrons. The van der Waals surface area contributed by atoms with Gasteiger partial charge < -0.3 is 9.47 Å². The molecule has 0 aliphatic carbocycles. The number of methoxy groups -OCH3 is 2. The van der Waals surface area contributed by atoms with Crippen molar-refractivity contribution in [3.63, 3.8) is 0 Å². The van der Waals surface area contributed by atoms with E-state index in [-0.39, 0.29) is 11.4 Å². The summed E-state index contributed by atoms with van der Waals surface area (Å²) in [7, 11) is 0.965. The third kappa shape index (κ3) is 3.83. The van der Waals surface area contributed by atoms with Gasteiger partial charge in [-0.2, -0.15) is 4.31 Å². The first-order valence-electron chi connectivity index (χ1n) is 7.23. The first-order valence-corrected chi connectivity index (χ1v) is 9.04. The Hall–Kier alpha value is -1.76. The standard InChI is InChI=1S/C17H20ClNO4S/c1-12-9-15(6-8-16(12)22-3)24(20,21)19(2)11-13-10-14(18)5-7-17(13)23-4/h5-10H,11H2,1-4H3. The average molecular weight is 370 g/mol. The van der Waals surface area contributed by atoms with Crippen LogP contribution in [0.2, 0.25) is 5.02 Å². The van der Waals surface area contributed by atoms with E-state index in [0.29, 0.717) is 22.1 Å². The minimum atomic E-state index is -3.64. The van der Waals surface area contributed by atoms with E-state index in [9.17, 15) is 8.42 Å². The van der Waals surface area contributed by atoms with Gasteiger partial charge in [0.05, 0.1) is 19.1 Å². The summed E-state index contributed by atoms with van der Waals surface area (Å²) in [6.45, 7) is 1.95. The zero-order chi connectivity index (χ0) is 17.9. The van der Waals surface area contributed by atoms with E-state index < -0.39 is 10.0 Å². The fraction of sp³-hybridized carbons (Fsp3) is 0.294. The lowest BCUT2D eigenvalue weighted by Crippen LogP contribution is -2.26. The lowest BCUT2D eigenvalue weighted by Gasteiger charge is -2.19. The molecule has 7 heteroatoms. The Morgan fingerprint density at radius 2 is 1.67 bits per heavy atom. The summed E-state index contributed by atoms with van der Waals surface area (Å²) in [4.78, 5) is 0.212. The van der Waals surface area contributed by atoms with Crippen LogP contribution in [0.25, 0.3) is 0 Å². The van der Waals surface area contributed by atoms with Crippen molar-refractivity contribution in [2.75, 3.05) is 21.3 Å². The maximum atomic E-state index is 12.8. The van der Waals surface area contributed by atoms with Gasteiger partial charge in [0.25, 0.3) is 0 Å². The van der Waals surface area contributed by atoms with Crippen molar-refractivity contribution in [2.24, 2.45) is 0 Å². The van der Waals surface area contributed by atoms with Crippen LogP contribution in [0.1, 0.15) is 11.1 Å². The highest BCUT2D eigenvalue weighted by atomic mass is 35.5. The molecule has 0 saturated heterocycles. The van der Waals surface area contributed by atoms with E-state index in [0.717, 1.165) is 5.56 Å². The summed E-state index contributed by atoms with van der Waals surface area (Å²) in [6.07, 6.45) is 0. The van der Waals surface area contributed by atoms with Gasteiger partial charge in [0.1, 0.15) is 11.5 Å². The molecule has 0 aliphatic rings. The van der Waals surface area contributed by atoms with Crippen LogP contribution in [0.15, 0.2) is 41.3 Å². The molecule has 0 unspecified atom stereocenters. The van der Waals surface area contributed by atoms with Gasteiger partial charge in [-0.3, -0.25) is 0 Å². The van der Waals surface area contributed by atoms with Crippen LogP contribution in [0.4, 0.5) is 0 Å². The monoisotopic (exact) mass is 369 g/mol. The first-order chi connectivity index (χ1) is 11.3. The molecule has 2 rings (SSSR count). The molecule has 0 atom stereocenters. The van der Waals surface area contributed by atoms with Gasteiger partial charge in [0.15, 0.2) is 0 Å². The normalized spacial score (nSPS) is 11.6. The number of ether oxygens (including phenoxy) is 2. The highest BCUT2D eigenvalue weighted by Gasteiger charge is 2.23. The summed E-state index contributed by atoms with van der Waals surface area (Å²) in [5, 5.41) is 0.525. The van der Waals surface area contributed by atoms with Crippen molar-refractivity contribution in [3.05, 3.63) is 52.5 Å². The van der Waals surface area contributed by atoms with Crippen molar-refractivity contribution >= 4 is 21.6 Å². The largest absolute Gasteiger partial charge is 0.496 e. The van der Waals surface area contributed by atoms with Crippen LogP contribution in [-0.2, 0) is 16.6 Å². The number of sulfonamides is 1. The Balaban J connectivity index is 2.33. The zero-order valence-corrected chi connectivity index (χ0v) is 15.6. The zero-order valence-electron chi connectivity index (χ0n) is 14.0. The lowest BCUT2D eigenvalue weighted by molar-refractivity contribution is 0.398. The number of rotatable bonds is 6. The van der Waals surface area contributed by atoms with Crippen LogP contribution in [0.3, 0.4) is 0 Å². The van der Waals surface area contributed by atoms with Crippen molar-refractivity contribution in [3.8, 4) is 11.5 Å². The van der Waals surface area contributed by atoms with Gasteiger partial charge in [0, 0.05) is 24.2 Å². The molecule has 0 heterocycles. The molecule has 0 radical (unpaired) electrons. The SMILES string of the molecule is COc1ccc(S(=O)(=O)N(C)Cc2cc(Cl)ccc2OC)cc1C. The van der Waals surface area contributed by atoms with Crippen LogP contribution in [0, 0.1) is 6.92 Å². The number of hydrogen-bond donors (Lipinski definition) is 0. The van der Waals surface area contributed by atoms with E-state index >= 15 is 0 Å². The Morgan fingerprint density at radius 1 is 1.04 bits per heavy atom. The molecule has 0 aliphatic heterocycles. The number of aryl methyl sites for hydroxylation is 1. The molecule has 0 saturated carbocycles. The molecule has 0 amide bonds. The smallest absolute Gasteiger partial charge is 0.243 e. The Kier molecular flexibility index (Phi) is 5.74. The predicted octanol–water partition coefficient (Wildman–Crippen LogP) is 3.49. The molecule has 0 bridgehead atoms. The number of halogens is 1. The molecule has 0 aromatic heterocycles. The molecular weight excluding hydrogens is 350 g/mol. The summed E-state index contributed by atoms with van der Waals surface area (Å²) in [5.41, 5.74) is 1.45. The first kappa shape index (κ1) is 18.6. The molecule has 0 spiro atoms. The van der Waals surface area contributed by atoms with E-state index in [1.54, 1.807) is 44.4 Å². The summed E-state index contributed by atoms with van der Waals surface area (Å²) in [5.74, 6) is 1.24. The highest BCUT2D eigenvalue weighted by Crippen LogP contribution is 2.27. The third-order valence-corrected chi connectivity index (χ3v) is 5.74. The van der Waals surface area contributed by atoms with Gasteiger partial charge in [-0.05, 0) is 48.9 Å².